The molecule has 3 aromatic heterocycles. The van der Waals surface area contributed by atoms with Gasteiger partial charge in [-0.25, -0.2) is 19.8 Å². The van der Waals surface area contributed by atoms with Crippen LogP contribution in [0.1, 0.15) is 41.9 Å². The van der Waals surface area contributed by atoms with Crippen LogP contribution >= 0.6 is 11.3 Å². The van der Waals surface area contributed by atoms with Crippen LogP contribution in [0.3, 0.4) is 0 Å². The van der Waals surface area contributed by atoms with E-state index in [0.717, 1.165) is 40.6 Å². The van der Waals surface area contributed by atoms with Gasteiger partial charge in [0.05, 0.1) is 41.5 Å². The number of anilines is 1. The monoisotopic (exact) mass is 508 g/mol. The van der Waals surface area contributed by atoms with Gasteiger partial charge in [0, 0.05) is 24.2 Å². The van der Waals surface area contributed by atoms with Crippen molar-refractivity contribution in [2.24, 2.45) is 10.4 Å². The van der Waals surface area contributed by atoms with E-state index in [9.17, 15) is 23.1 Å². The van der Waals surface area contributed by atoms with Gasteiger partial charge in [-0.05, 0) is 25.8 Å². The Hall–Kier alpha value is -3.39. The average molecular weight is 509 g/mol. The molecule has 3 aromatic rings. The molecule has 1 aliphatic rings. The summed E-state index contributed by atoms with van der Waals surface area (Å²) >= 11 is 1.42. The highest BCUT2D eigenvalue weighted by Crippen LogP contribution is 2.57. The van der Waals surface area contributed by atoms with Crippen LogP contribution in [-0.2, 0) is 6.18 Å². The number of aliphatic imine (C=N–C) groups is 1. The Morgan fingerprint density at radius 3 is 2.71 bits per heavy atom. The molecule has 35 heavy (non-hydrogen) atoms. The summed E-state index contributed by atoms with van der Waals surface area (Å²) < 4.78 is 40.5. The topological polar surface area (TPSA) is 130 Å². The number of hydrogen-bond donors (Lipinski definition) is 3. The summed E-state index contributed by atoms with van der Waals surface area (Å²) in [4.78, 5) is 25.7. The molecule has 1 aliphatic carbocycles. The highest BCUT2D eigenvalue weighted by molar-refractivity contribution is 7.15. The number of thiazole rings is 1. The van der Waals surface area contributed by atoms with Gasteiger partial charge in [-0.3, -0.25) is 0 Å². The zero-order valence-corrected chi connectivity index (χ0v) is 19.7. The molecule has 1 atom stereocenters. The highest BCUT2D eigenvalue weighted by atomic mass is 32.1. The number of halogens is 3. The summed E-state index contributed by atoms with van der Waals surface area (Å²) in [5, 5.41) is 23.5. The average Bonchev–Trinajstić information content (AvgIpc) is 3.24. The predicted molar refractivity (Wildman–Crippen MR) is 123 cm³/mol. The van der Waals surface area contributed by atoms with Crippen LogP contribution in [0.2, 0.25) is 0 Å². The van der Waals surface area contributed by atoms with Crippen molar-refractivity contribution in [3.63, 3.8) is 0 Å². The van der Waals surface area contributed by atoms with Gasteiger partial charge in [0.2, 0.25) is 0 Å². The van der Waals surface area contributed by atoms with E-state index in [0.29, 0.717) is 5.00 Å². The first-order valence-corrected chi connectivity index (χ1v) is 11.5. The number of alkyl halides is 3. The molecule has 0 radical (unpaired) electrons. The van der Waals surface area contributed by atoms with Gasteiger partial charge in [0.25, 0.3) is 0 Å². The van der Waals surface area contributed by atoms with Crippen molar-refractivity contribution in [2.45, 2.75) is 38.8 Å². The van der Waals surface area contributed by atoms with Crippen LogP contribution in [0.5, 0.6) is 0 Å². The first-order valence-electron chi connectivity index (χ1n) is 10.7. The molecule has 2 amide bonds. The third-order valence-corrected chi connectivity index (χ3v) is 6.77. The molecule has 1 fully saturated rings. The Balaban J connectivity index is 1.38. The molecule has 14 heteroatoms. The van der Waals surface area contributed by atoms with Crippen LogP contribution in [-0.4, -0.2) is 55.5 Å². The van der Waals surface area contributed by atoms with Crippen LogP contribution in [0.15, 0.2) is 29.6 Å². The molecule has 4 rings (SSSR count). The molecule has 186 valence electrons. The second-order valence-corrected chi connectivity index (χ2v) is 9.41. The first kappa shape index (κ1) is 24.7. The first-order chi connectivity index (χ1) is 16.6. The van der Waals surface area contributed by atoms with Crippen molar-refractivity contribution in [3.8, 4) is 5.82 Å². The second kappa shape index (κ2) is 9.70. The van der Waals surface area contributed by atoms with Crippen LogP contribution in [0.4, 0.5) is 28.7 Å². The minimum absolute atomic E-state index is 0.0383. The predicted octanol–water partition coefficient (Wildman–Crippen LogP) is 3.85. The van der Waals surface area contributed by atoms with Crippen LogP contribution in [0.25, 0.3) is 5.82 Å². The van der Waals surface area contributed by atoms with Crippen molar-refractivity contribution in [1.82, 2.24) is 30.3 Å². The Labute approximate surface area is 202 Å². The van der Waals surface area contributed by atoms with E-state index in [1.807, 2.05) is 13.8 Å². The largest absolute Gasteiger partial charge is 0.420 e. The summed E-state index contributed by atoms with van der Waals surface area (Å²) in [5.41, 5.74) is -0.561. The fourth-order valence-electron chi connectivity index (χ4n) is 3.65. The Kier molecular flexibility index (Phi) is 6.85. The molecule has 1 unspecified atom stereocenters. The lowest BCUT2D eigenvalue weighted by atomic mass is 9.89. The van der Waals surface area contributed by atoms with E-state index < -0.39 is 23.6 Å². The number of aliphatic hydroxyl groups is 1. The zero-order valence-electron chi connectivity index (χ0n) is 18.9. The summed E-state index contributed by atoms with van der Waals surface area (Å²) in [7, 11) is 0. The van der Waals surface area contributed by atoms with Crippen LogP contribution < -0.4 is 10.6 Å². The number of urea groups is 1. The number of rotatable bonds is 8. The van der Waals surface area contributed by atoms with E-state index in [-0.39, 0.29) is 30.2 Å². The van der Waals surface area contributed by atoms with E-state index in [1.54, 1.807) is 0 Å². The van der Waals surface area contributed by atoms with Gasteiger partial charge in [-0.15, -0.1) is 4.80 Å². The number of aryl methyl sites for hydroxylation is 1. The number of aliphatic hydroxyl groups excluding tert-OH is 1. The molecule has 10 nitrogen and oxygen atoms in total. The lowest BCUT2D eigenvalue weighted by Crippen LogP contribution is -2.30. The molecule has 0 saturated heterocycles. The molecule has 3 heterocycles. The molecule has 0 spiro atoms. The van der Waals surface area contributed by atoms with Crippen molar-refractivity contribution in [3.05, 3.63) is 40.9 Å². The molecule has 0 bridgehead atoms. The minimum atomic E-state index is -4.73. The Morgan fingerprint density at radius 2 is 2.09 bits per heavy atom. The number of carbonyl (C=O) groups is 1. The third kappa shape index (κ3) is 5.48. The number of hydrogen-bond acceptors (Lipinski definition) is 8. The lowest BCUT2D eigenvalue weighted by Gasteiger charge is -2.19. The van der Waals surface area contributed by atoms with Gasteiger partial charge in [0.15, 0.2) is 5.82 Å². The molecule has 3 N–H and O–H groups in total. The summed E-state index contributed by atoms with van der Waals surface area (Å²) in [6.45, 7) is 4.04. The molecular weight excluding hydrogens is 485 g/mol. The number of pyridine rings is 1. The maximum Gasteiger partial charge on any atom is 0.420 e. The smallest absolute Gasteiger partial charge is 0.396 e. The third-order valence-electron chi connectivity index (χ3n) is 5.88. The summed E-state index contributed by atoms with van der Waals surface area (Å²) in [6, 6.07) is 0.0461. The number of amides is 2. The van der Waals surface area contributed by atoms with Gasteiger partial charge < -0.3 is 15.7 Å². The number of carbonyl (C=O) groups excluding carboxylic acids is 1. The Morgan fingerprint density at radius 1 is 1.37 bits per heavy atom. The number of nitrogens with zero attached hydrogens (tertiary/aromatic N) is 6. The fraction of sp³-hybridized carbons (Fsp3) is 0.429. The maximum absolute atomic E-state index is 13.5. The van der Waals surface area contributed by atoms with Crippen LogP contribution in [0, 0.1) is 12.3 Å². The number of aromatic nitrogens is 5. The summed E-state index contributed by atoms with van der Waals surface area (Å²) in [6.07, 6.45) is 2.20. The van der Waals surface area contributed by atoms with Gasteiger partial charge in [0.1, 0.15) is 10.6 Å². The van der Waals surface area contributed by atoms with Gasteiger partial charge in [-0.2, -0.15) is 23.4 Å². The van der Waals surface area contributed by atoms with E-state index >= 15 is 0 Å². The SMILES string of the molecule is Cc1nc(C(C)C2(CO)CC2)c(/N=C\CNC(=O)Nc2cnc(-n3nccn3)c(C(F)(F)F)c2)s1. The van der Waals surface area contributed by atoms with Crippen molar-refractivity contribution in [1.29, 1.82) is 0 Å². The fourth-order valence-corrected chi connectivity index (χ4v) is 4.52. The van der Waals surface area contributed by atoms with E-state index in [2.05, 4.69) is 35.8 Å². The van der Waals surface area contributed by atoms with Crippen molar-refractivity contribution in [2.75, 3.05) is 18.5 Å². The lowest BCUT2D eigenvalue weighted by molar-refractivity contribution is -0.137. The normalized spacial score (nSPS) is 15.8. The van der Waals surface area contributed by atoms with Gasteiger partial charge >= 0.3 is 12.2 Å². The van der Waals surface area contributed by atoms with E-state index in [4.69, 9.17) is 0 Å². The minimum Gasteiger partial charge on any atom is -0.396 e. The van der Waals surface area contributed by atoms with Crippen molar-refractivity contribution < 1.29 is 23.1 Å². The van der Waals surface area contributed by atoms with Crippen molar-refractivity contribution >= 4 is 34.3 Å². The molecule has 0 aliphatic heterocycles. The molecule has 0 aromatic carbocycles. The highest BCUT2D eigenvalue weighted by Gasteiger charge is 2.48. The number of nitrogens with one attached hydrogen (secondary N) is 2. The zero-order chi connectivity index (χ0) is 25.2. The standard InChI is InChI=1S/C21H23F3N8O2S/c1-12(20(11-33)3-4-20)16-18(35-13(2)30-16)25-5-6-26-19(34)31-14-9-15(21(22,23)24)17(27-10-14)32-28-7-8-29-32/h5,7-10,12,33H,3-4,6,11H2,1-2H3,(H2,26,31,34)/b25-5-. The quantitative estimate of drug-likeness (QED) is 0.396. The van der Waals surface area contributed by atoms with Gasteiger partial charge in [-0.1, -0.05) is 18.3 Å². The Bertz CT molecular complexity index is 1220. The van der Waals surface area contributed by atoms with E-state index in [1.165, 1.54) is 29.9 Å². The second-order valence-electron chi connectivity index (χ2n) is 8.22. The molecular formula is C21H23F3N8O2S. The molecule has 1 saturated carbocycles. The summed E-state index contributed by atoms with van der Waals surface area (Å²) in [5.74, 6) is -0.448. The maximum atomic E-state index is 13.5.